The van der Waals surface area contributed by atoms with E-state index < -0.39 is 11.0 Å². The highest BCUT2D eigenvalue weighted by molar-refractivity contribution is 6.33. The van der Waals surface area contributed by atoms with E-state index in [1.165, 1.54) is 18.2 Å². The monoisotopic (exact) mass is 354 g/mol. The van der Waals surface area contributed by atoms with Crippen LogP contribution in [0.5, 0.6) is 0 Å². The fraction of sp³-hybridized carbons (Fsp3) is 0.467. The molecule has 1 atom stereocenters. The molecule has 9 heteroatoms. The number of hydrogen-bond donors (Lipinski definition) is 2. The van der Waals surface area contributed by atoms with Crippen molar-refractivity contribution in [2.45, 2.75) is 38.8 Å². The molecule has 1 aromatic rings. The Kier molecular flexibility index (Phi) is 4.98. The number of amides is 3. The second kappa shape index (κ2) is 6.64. The van der Waals surface area contributed by atoms with E-state index in [1.54, 1.807) is 4.90 Å². The minimum absolute atomic E-state index is 0.0267. The Hall–Kier alpha value is -2.35. The highest BCUT2D eigenvalue weighted by atomic mass is 35.5. The van der Waals surface area contributed by atoms with Crippen molar-refractivity contribution in [3.8, 4) is 0 Å². The highest BCUT2D eigenvalue weighted by Gasteiger charge is 2.36. The summed E-state index contributed by atoms with van der Waals surface area (Å²) in [7, 11) is 0. The normalized spacial score (nSPS) is 17.8. The Balaban J connectivity index is 2.01. The maximum atomic E-state index is 12.1. The van der Waals surface area contributed by atoms with Crippen molar-refractivity contribution in [3.63, 3.8) is 0 Å². The molecule has 1 saturated heterocycles. The van der Waals surface area contributed by atoms with E-state index in [-0.39, 0.29) is 40.3 Å². The lowest BCUT2D eigenvalue weighted by Crippen LogP contribution is -2.45. The van der Waals surface area contributed by atoms with Crippen LogP contribution in [-0.4, -0.2) is 39.9 Å². The quantitative estimate of drug-likeness (QED) is 0.643. The number of carbonyl (C=O) groups is 2. The molecular weight excluding hydrogens is 336 g/mol. The van der Waals surface area contributed by atoms with Gasteiger partial charge in [-0.25, -0.2) is 4.79 Å². The molecule has 2 rings (SSSR count). The van der Waals surface area contributed by atoms with Crippen molar-refractivity contribution >= 4 is 34.9 Å². The van der Waals surface area contributed by atoms with Crippen molar-refractivity contribution in [1.29, 1.82) is 0 Å². The third-order valence-electron chi connectivity index (χ3n) is 3.68. The summed E-state index contributed by atoms with van der Waals surface area (Å²) in [5.74, 6) is -0.0267. The van der Waals surface area contributed by atoms with Crippen molar-refractivity contribution in [3.05, 3.63) is 33.3 Å². The molecule has 8 nitrogen and oxygen atoms in total. The van der Waals surface area contributed by atoms with Crippen LogP contribution in [0.3, 0.4) is 0 Å². The number of nitro groups is 1. The maximum absolute atomic E-state index is 12.1. The first kappa shape index (κ1) is 18.0. The van der Waals surface area contributed by atoms with Gasteiger partial charge in [0.05, 0.1) is 21.7 Å². The fourth-order valence-corrected chi connectivity index (χ4v) is 2.68. The number of urea groups is 1. The molecule has 130 valence electrons. The van der Waals surface area contributed by atoms with Gasteiger partial charge in [0, 0.05) is 30.6 Å². The van der Waals surface area contributed by atoms with Gasteiger partial charge in [-0.1, -0.05) is 11.6 Å². The van der Waals surface area contributed by atoms with Crippen LogP contribution in [0, 0.1) is 10.1 Å². The van der Waals surface area contributed by atoms with Crippen LogP contribution in [0.15, 0.2) is 18.2 Å². The fourth-order valence-electron chi connectivity index (χ4n) is 2.52. The largest absolute Gasteiger partial charge is 0.336 e. The molecular formula is C15H19ClN4O4. The second-order valence-corrected chi connectivity index (χ2v) is 7.00. The van der Waals surface area contributed by atoms with Gasteiger partial charge in [-0.2, -0.15) is 0 Å². The molecule has 0 saturated carbocycles. The molecule has 24 heavy (non-hydrogen) atoms. The molecule has 0 radical (unpaired) electrons. The highest BCUT2D eigenvalue weighted by Crippen LogP contribution is 2.27. The Bertz CT molecular complexity index is 687. The number of benzene rings is 1. The van der Waals surface area contributed by atoms with Crippen LogP contribution in [0.4, 0.5) is 16.2 Å². The summed E-state index contributed by atoms with van der Waals surface area (Å²) in [5.41, 5.74) is -0.349. The summed E-state index contributed by atoms with van der Waals surface area (Å²) >= 11 is 5.94. The number of likely N-dealkylation sites (tertiary alicyclic amines) is 1. The van der Waals surface area contributed by atoms with Gasteiger partial charge >= 0.3 is 6.03 Å². The van der Waals surface area contributed by atoms with Gasteiger partial charge < -0.3 is 15.5 Å². The van der Waals surface area contributed by atoms with Gasteiger partial charge in [-0.05, 0) is 26.8 Å². The van der Waals surface area contributed by atoms with E-state index in [0.717, 1.165) is 0 Å². The molecule has 0 aromatic heterocycles. The maximum Gasteiger partial charge on any atom is 0.319 e. The predicted molar refractivity (Wildman–Crippen MR) is 90.1 cm³/mol. The van der Waals surface area contributed by atoms with Gasteiger partial charge in [-0.15, -0.1) is 0 Å². The SMILES string of the molecule is CC(C)(C)N1CC(NC(=O)Nc2cc([N+](=O)[O-])ccc2Cl)CC1=O. The van der Waals surface area contributed by atoms with Crippen LogP contribution < -0.4 is 10.6 Å². The summed E-state index contributed by atoms with van der Waals surface area (Å²) in [6, 6.07) is 2.89. The number of nitrogens with zero attached hydrogens (tertiary/aromatic N) is 2. The number of rotatable bonds is 3. The van der Waals surface area contributed by atoms with Crippen LogP contribution in [0.1, 0.15) is 27.2 Å². The molecule has 2 N–H and O–H groups in total. The van der Waals surface area contributed by atoms with Crippen molar-refractivity contribution < 1.29 is 14.5 Å². The smallest absolute Gasteiger partial charge is 0.319 e. The van der Waals surface area contributed by atoms with Gasteiger partial charge in [0.25, 0.3) is 5.69 Å². The van der Waals surface area contributed by atoms with E-state index in [1.807, 2.05) is 20.8 Å². The molecule has 0 bridgehead atoms. The van der Waals surface area contributed by atoms with E-state index in [2.05, 4.69) is 10.6 Å². The first-order valence-electron chi connectivity index (χ1n) is 7.40. The molecule has 1 fully saturated rings. The van der Waals surface area contributed by atoms with E-state index >= 15 is 0 Å². The van der Waals surface area contributed by atoms with E-state index in [0.29, 0.717) is 6.54 Å². The number of carbonyl (C=O) groups excluding carboxylic acids is 2. The Labute approximate surface area is 144 Å². The molecule has 1 aliphatic heterocycles. The van der Waals surface area contributed by atoms with Crippen molar-refractivity contribution in [2.24, 2.45) is 0 Å². The third-order valence-corrected chi connectivity index (χ3v) is 4.01. The summed E-state index contributed by atoms with van der Waals surface area (Å²) in [6.45, 7) is 6.20. The Morgan fingerprint density at radius 2 is 2.08 bits per heavy atom. The lowest BCUT2D eigenvalue weighted by Gasteiger charge is -2.32. The van der Waals surface area contributed by atoms with Gasteiger partial charge in [0.2, 0.25) is 5.91 Å². The molecule has 0 spiro atoms. The van der Waals surface area contributed by atoms with Crippen molar-refractivity contribution in [1.82, 2.24) is 10.2 Å². The average molecular weight is 355 g/mol. The number of non-ortho nitro benzene ring substituents is 1. The first-order chi connectivity index (χ1) is 11.1. The first-order valence-corrected chi connectivity index (χ1v) is 7.77. The van der Waals surface area contributed by atoms with Gasteiger partial charge in [0.1, 0.15) is 0 Å². The number of halogens is 1. The lowest BCUT2D eigenvalue weighted by atomic mass is 10.1. The van der Waals surface area contributed by atoms with Crippen LogP contribution in [0.25, 0.3) is 0 Å². The summed E-state index contributed by atoms with van der Waals surface area (Å²) in [6.07, 6.45) is 0.216. The van der Waals surface area contributed by atoms with Crippen molar-refractivity contribution in [2.75, 3.05) is 11.9 Å². The summed E-state index contributed by atoms with van der Waals surface area (Å²) in [5, 5.41) is 16.2. The summed E-state index contributed by atoms with van der Waals surface area (Å²) < 4.78 is 0. The minimum Gasteiger partial charge on any atom is -0.336 e. The zero-order chi connectivity index (χ0) is 18.1. The number of hydrogen-bond acceptors (Lipinski definition) is 4. The predicted octanol–water partition coefficient (Wildman–Crippen LogP) is 2.77. The standard InChI is InChI=1S/C15H19ClN4O4/c1-15(2,3)19-8-9(6-13(19)21)17-14(22)18-12-7-10(20(23)24)4-5-11(12)16/h4-5,7,9H,6,8H2,1-3H3,(H2,17,18,22). The van der Waals surface area contributed by atoms with Gasteiger partial charge in [0.15, 0.2) is 0 Å². The molecule has 1 unspecified atom stereocenters. The number of anilines is 1. The number of nitro benzene ring substituents is 1. The average Bonchev–Trinajstić information content (AvgIpc) is 2.81. The molecule has 3 amide bonds. The zero-order valence-electron chi connectivity index (χ0n) is 13.6. The van der Waals surface area contributed by atoms with Crippen LogP contribution >= 0.6 is 11.6 Å². The second-order valence-electron chi connectivity index (χ2n) is 6.60. The molecule has 1 heterocycles. The molecule has 1 aliphatic rings. The van der Waals surface area contributed by atoms with Crippen LogP contribution in [-0.2, 0) is 4.79 Å². The van der Waals surface area contributed by atoms with E-state index in [9.17, 15) is 19.7 Å². The van der Waals surface area contributed by atoms with E-state index in [4.69, 9.17) is 11.6 Å². The lowest BCUT2D eigenvalue weighted by molar-refractivity contribution is -0.384. The molecule has 1 aromatic carbocycles. The number of nitrogens with one attached hydrogen (secondary N) is 2. The third kappa shape index (κ3) is 4.14. The summed E-state index contributed by atoms with van der Waals surface area (Å²) in [4.78, 5) is 36.0. The molecule has 0 aliphatic carbocycles. The van der Waals surface area contributed by atoms with Crippen LogP contribution in [0.2, 0.25) is 5.02 Å². The Morgan fingerprint density at radius 1 is 1.42 bits per heavy atom. The topological polar surface area (TPSA) is 105 Å². The minimum atomic E-state index is -0.573. The zero-order valence-corrected chi connectivity index (χ0v) is 14.4. The Morgan fingerprint density at radius 3 is 2.62 bits per heavy atom. The van der Waals surface area contributed by atoms with Gasteiger partial charge in [-0.3, -0.25) is 14.9 Å².